The summed E-state index contributed by atoms with van der Waals surface area (Å²) < 4.78 is 0.620. The van der Waals surface area contributed by atoms with Gasteiger partial charge < -0.3 is 0 Å². The van der Waals surface area contributed by atoms with Crippen LogP contribution in [-0.2, 0) is 4.79 Å². The molecule has 0 aliphatic carbocycles. The molecule has 1 fully saturated rings. The van der Waals surface area contributed by atoms with Crippen molar-refractivity contribution in [3.63, 3.8) is 0 Å². The third kappa shape index (κ3) is 1.94. The molecule has 2 heterocycles. The van der Waals surface area contributed by atoms with Gasteiger partial charge in [0.05, 0.1) is 6.20 Å². The molecule has 1 aliphatic heterocycles. The normalized spacial score (nSPS) is 22.0. The van der Waals surface area contributed by atoms with E-state index >= 15 is 0 Å². The molecule has 14 heavy (non-hydrogen) atoms. The molecule has 3 nitrogen and oxygen atoms in total. The molecule has 0 bridgehead atoms. The maximum absolute atomic E-state index is 11.6. The molecule has 1 saturated heterocycles. The van der Waals surface area contributed by atoms with E-state index in [9.17, 15) is 4.79 Å². The number of amides is 1. The first-order chi connectivity index (χ1) is 6.70. The molecule has 1 aromatic rings. The van der Waals surface area contributed by atoms with Crippen molar-refractivity contribution in [2.45, 2.75) is 6.42 Å². The summed E-state index contributed by atoms with van der Waals surface area (Å²) in [6, 6.07) is 0. The Kier molecular flexibility index (Phi) is 3.09. The number of aromatic nitrogens is 1. The molecule has 0 aromatic carbocycles. The average Bonchev–Trinajstić information content (AvgIpc) is 2.71. The number of rotatable bonds is 2. The molecular formula is C8H8BrClN2OS. The van der Waals surface area contributed by atoms with E-state index in [-0.39, 0.29) is 5.91 Å². The Labute approximate surface area is 99.2 Å². The zero-order valence-corrected chi connectivity index (χ0v) is 10.4. The third-order valence-corrected chi connectivity index (χ3v) is 4.17. The van der Waals surface area contributed by atoms with E-state index in [0.29, 0.717) is 21.8 Å². The molecule has 0 spiro atoms. The van der Waals surface area contributed by atoms with Gasteiger partial charge in [-0.05, 0) is 5.92 Å². The number of thiazole rings is 1. The first-order valence-corrected chi connectivity index (χ1v) is 6.50. The lowest BCUT2D eigenvalue weighted by molar-refractivity contribution is -0.117. The minimum absolute atomic E-state index is 0.139. The highest BCUT2D eigenvalue weighted by molar-refractivity contribution is 9.09. The van der Waals surface area contributed by atoms with Crippen LogP contribution in [0.1, 0.15) is 6.42 Å². The van der Waals surface area contributed by atoms with Gasteiger partial charge in [0.15, 0.2) is 5.13 Å². The van der Waals surface area contributed by atoms with E-state index in [2.05, 4.69) is 20.9 Å². The molecule has 0 radical (unpaired) electrons. The minimum Gasteiger partial charge on any atom is -0.288 e. The first-order valence-electron chi connectivity index (χ1n) is 4.18. The summed E-state index contributed by atoms with van der Waals surface area (Å²) >= 11 is 10.5. The summed E-state index contributed by atoms with van der Waals surface area (Å²) in [7, 11) is 0. The lowest BCUT2D eigenvalue weighted by atomic mass is 10.2. The van der Waals surface area contributed by atoms with Crippen LogP contribution >= 0.6 is 38.9 Å². The molecule has 1 aromatic heterocycles. The molecular weight excluding hydrogens is 288 g/mol. The maximum Gasteiger partial charge on any atom is 0.229 e. The Morgan fingerprint density at radius 3 is 3.07 bits per heavy atom. The maximum atomic E-state index is 11.6. The van der Waals surface area contributed by atoms with E-state index in [1.54, 1.807) is 11.1 Å². The van der Waals surface area contributed by atoms with Crippen LogP contribution in [-0.4, -0.2) is 22.8 Å². The van der Waals surface area contributed by atoms with E-state index in [0.717, 1.165) is 11.9 Å². The Bertz CT molecular complexity index is 357. The Hall–Kier alpha value is -0.130. The van der Waals surface area contributed by atoms with E-state index in [1.807, 2.05) is 0 Å². The van der Waals surface area contributed by atoms with Gasteiger partial charge in [-0.1, -0.05) is 38.9 Å². The van der Waals surface area contributed by atoms with Crippen LogP contribution < -0.4 is 4.90 Å². The highest BCUT2D eigenvalue weighted by Crippen LogP contribution is 2.31. The molecule has 1 atom stereocenters. The van der Waals surface area contributed by atoms with Gasteiger partial charge in [-0.15, -0.1) is 0 Å². The van der Waals surface area contributed by atoms with Crippen molar-refractivity contribution < 1.29 is 4.79 Å². The van der Waals surface area contributed by atoms with Crippen LogP contribution in [0.4, 0.5) is 5.13 Å². The Morgan fingerprint density at radius 1 is 1.79 bits per heavy atom. The van der Waals surface area contributed by atoms with Gasteiger partial charge in [-0.2, -0.15) is 0 Å². The lowest BCUT2D eigenvalue weighted by Crippen LogP contribution is -2.24. The molecule has 1 amide bonds. The van der Waals surface area contributed by atoms with E-state index in [1.165, 1.54) is 11.3 Å². The predicted molar refractivity (Wildman–Crippen MR) is 61.4 cm³/mol. The summed E-state index contributed by atoms with van der Waals surface area (Å²) in [5, 5.41) is 1.57. The minimum atomic E-state index is 0.139. The first kappa shape index (κ1) is 10.4. The Balaban J connectivity index is 2.16. The fraction of sp³-hybridized carbons (Fsp3) is 0.500. The van der Waals surface area contributed by atoms with Crippen molar-refractivity contribution in [1.82, 2.24) is 4.98 Å². The highest BCUT2D eigenvalue weighted by Gasteiger charge is 2.31. The molecule has 2 rings (SSSR count). The van der Waals surface area contributed by atoms with Crippen LogP contribution in [0.5, 0.6) is 0 Å². The van der Waals surface area contributed by atoms with Gasteiger partial charge in [-0.25, -0.2) is 4.98 Å². The number of hydrogen-bond donors (Lipinski definition) is 0. The summed E-state index contributed by atoms with van der Waals surface area (Å²) in [6.45, 7) is 0.744. The van der Waals surface area contributed by atoms with Crippen molar-refractivity contribution in [3.8, 4) is 0 Å². The van der Waals surface area contributed by atoms with Crippen molar-refractivity contribution in [3.05, 3.63) is 10.5 Å². The summed E-state index contributed by atoms with van der Waals surface area (Å²) in [5.41, 5.74) is 0. The molecule has 76 valence electrons. The SMILES string of the molecule is O=C1CC(CBr)CN1c1ncc(Cl)s1. The number of nitrogens with zero attached hydrogens (tertiary/aromatic N) is 2. The summed E-state index contributed by atoms with van der Waals surface area (Å²) in [4.78, 5) is 17.4. The van der Waals surface area contributed by atoms with Gasteiger partial charge in [0, 0.05) is 18.3 Å². The van der Waals surface area contributed by atoms with Crippen LogP contribution in [0.2, 0.25) is 4.34 Å². The van der Waals surface area contributed by atoms with Crippen molar-refractivity contribution in [2.24, 2.45) is 5.92 Å². The second-order valence-corrected chi connectivity index (χ2v) is 5.46. The largest absolute Gasteiger partial charge is 0.288 e. The molecule has 1 aliphatic rings. The topological polar surface area (TPSA) is 33.2 Å². The lowest BCUT2D eigenvalue weighted by Gasteiger charge is -2.11. The van der Waals surface area contributed by atoms with Crippen molar-refractivity contribution in [2.75, 3.05) is 16.8 Å². The van der Waals surface area contributed by atoms with Crippen molar-refractivity contribution in [1.29, 1.82) is 0 Å². The van der Waals surface area contributed by atoms with Crippen LogP contribution in [0, 0.1) is 5.92 Å². The van der Waals surface area contributed by atoms with E-state index < -0.39 is 0 Å². The van der Waals surface area contributed by atoms with Crippen molar-refractivity contribution >= 4 is 49.9 Å². The van der Waals surface area contributed by atoms with Crippen LogP contribution in [0.15, 0.2) is 6.20 Å². The summed E-state index contributed by atoms with van der Waals surface area (Å²) in [6.07, 6.45) is 2.18. The highest BCUT2D eigenvalue weighted by atomic mass is 79.9. The van der Waals surface area contributed by atoms with Gasteiger partial charge in [0.2, 0.25) is 5.91 Å². The molecule has 0 saturated carbocycles. The average molecular weight is 296 g/mol. The zero-order chi connectivity index (χ0) is 10.1. The second kappa shape index (κ2) is 4.16. The van der Waals surface area contributed by atoms with Gasteiger partial charge >= 0.3 is 0 Å². The third-order valence-electron chi connectivity index (χ3n) is 2.12. The van der Waals surface area contributed by atoms with E-state index in [4.69, 9.17) is 11.6 Å². The summed E-state index contributed by atoms with van der Waals surface area (Å²) in [5.74, 6) is 0.533. The number of carbonyl (C=O) groups is 1. The van der Waals surface area contributed by atoms with Crippen LogP contribution in [0.3, 0.4) is 0 Å². The number of carbonyl (C=O) groups excluding carboxylic acids is 1. The zero-order valence-electron chi connectivity index (χ0n) is 7.24. The van der Waals surface area contributed by atoms with Crippen LogP contribution in [0.25, 0.3) is 0 Å². The molecule has 1 unspecified atom stereocenters. The predicted octanol–water partition coefficient (Wildman–Crippen LogP) is 2.54. The van der Waals surface area contributed by atoms with Gasteiger partial charge in [0.1, 0.15) is 4.34 Å². The van der Waals surface area contributed by atoms with Gasteiger partial charge in [0.25, 0.3) is 0 Å². The second-order valence-electron chi connectivity index (χ2n) is 3.18. The number of hydrogen-bond acceptors (Lipinski definition) is 3. The number of alkyl halides is 1. The molecule has 6 heteroatoms. The Morgan fingerprint density at radius 2 is 2.57 bits per heavy atom. The smallest absolute Gasteiger partial charge is 0.229 e. The number of halogens is 2. The monoisotopic (exact) mass is 294 g/mol. The standard InChI is InChI=1S/C8H8BrClN2OS/c9-2-5-1-7(13)12(4-5)8-11-3-6(10)14-8/h3,5H,1-2,4H2. The number of anilines is 1. The fourth-order valence-corrected chi connectivity index (χ4v) is 2.80. The van der Waals surface area contributed by atoms with Gasteiger partial charge in [-0.3, -0.25) is 9.69 Å². The fourth-order valence-electron chi connectivity index (χ4n) is 1.44. The quantitative estimate of drug-likeness (QED) is 0.786. The molecule has 0 N–H and O–H groups in total.